The van der Waals surface area contributed by atoms with Gasteiger partial charge in [-0.1, -0.05) is 26.8 Å². The fraction of sp³-hybridized carbons (Fsp3) is 0.571. The summed E-state index contributed by atoms with van der Waals surface area (Å²) in [7, 11) is 3.77. The molecule has 0 atom stereocenters. The van der Waals surface area contributed by atoms with E-state index < -0.39 is 0 Å². The molecule has 1 rings (SSSR count). The van der Waals surface area contributed by atoms with E-state index in [1.54, 1.807) is 7.11 Å². The number of methoxy groups -OCH3 is 1. The fourth-order valence-electron chi connectivity index (χ4n) is 2.06. The molecule has 1 aromatic rings. The van der Waals surface area contributed by atoms with E-state index in [-0.39, 0.29) is 0 Å². The SMILES string of the molecule is COc1ccc(CN(C)CC(C)(C)C)cc1N. The predicted molar refractivity (Wildman–Crippen MR) is 73.2 cm³/mol. The van der Waals surface area contributed by atoms with Crippen LogP contribution in [0.1, 0.15) is 26.3 Å². The highest BCUT2D eigenvalue weighted by Gasteiger charge is 2.13. The lowest BCUT2D eigenvalue weighted by atomic mass is 9.96. The van der Waals surface area contributed by atoms with Gasteiger partial charge in [-0.15, -0.1) is 0 Å². The Morgan fingerprint density at radius 2 is 1.94 bits per heavy atom. The van der Waals surface area contributed by atoms with Crippen LogP contribution in [0.4, 0.5) is 5.69 Å². The molecule has 0 unspecified atom stereocenters. The van der Waals surface area contributed by atoms with Crippen molar-refractivity contribution < 1.29 is 4.74 Å². The number of ether oxygens (including phenoxy) is 1. The molecule has 0 aromatic heterocycles. The number of hydrogen-bond donors (Lipinski definition) is 1. The van der Waals surface area contributed by atoms with Gasteiger partial charge in [0.25, 0.3) is 0 Å². The van der Waals surface area contributed by atoms with Crippen LogP contribution in [0.3, 0.4) is 0 Å². The zero-order chi connectivity index (χ0) is 13.1. The molecule has 0 heterocycles. The fourth-order valence-corrected chi connectivity index (χ4v) is 2.06. The highest BCUT2D eigenvalue weighted by Crippen LogP contribution is 2.23. The van der Waals surface area contributed by atoms with E-state index in [1.807, 2.05) is 12.1 Å². The Bertz CT molecular complexity index is 369. The van der Waals surface area contributed by atoms with E-state index in [0.29, 0.717) is 11.1 Å². The Morgan fingerprint density at radius 1 is 1.29 bits per heavy atom. The first kappa shape index (κ1) is 13.8. The standard InChI is InChI=1S/C14H24N2O/c1-14(2,3)10-16(4)9-11-6-7-13(17-5)12(15)8-11/h6-8H,9-10,15H2,1-5H3. The van der Waals surface area contributed by atoms with Crippen molar-refractivity contribution in [2.24, 2.45) is 5.41 Å². The van der Waals surface area contributed by atoms with Crippen molar-refractivity contribution in [2.75, 3.05) is 26.4 Å². The molecular formula is C14H24N2O. The summed E-state index contributed by atoms with van der Waals surface area (Å²) in [5, 5.41) is 0. The van der Waals surface area contributed by atoms with Crippen LogP contribution in [0.15, 0.2) is 18.2 Å². The number of nitrogens with two attached hydrogens (primary N) is 1. The Labute approximate surface area is 105 Å². The van der Waals surface area contributed by atoms with Gasteiger partial charge < -0.3 is 15.4 Å². The summed E-state index contributed by atoms with van der Waals surface area (Å²) in [5.41, 5.74) is 8.12. The quantitative estimate of drug-likeness (QED) is 0.817. The Kier molecular flexibility index (Phi) is 4.40. The molecular weight excluding hydrogens is 212 g/mol. The monoisotopic (exact) mass is 236 g/mol. The van der Waals surface area contributed by atoms with Gasteiger partial charge in [0.2, 0.25) is 0 Å². The smallest absolute Gasteiger partial charge is 0.141 e. The number of nitrogens with zero attached hydrogens (tertiary/aromatic N) is 1. The molecule has 3 nitrogen and oxygen atoms in total. The second-order valence-corrected chi connectivity index (χ2v) is 5.81. The molecule has 0 bridgehead atoms. The summed E-state index contributed by atoms with van der Waals surface area (Å²) in [4.78, 5) is 2.31. The molecule has 2 N–H and O–H groups in total. The maximum absolute atomic E-state index is 5.89. The second kappa shape index (κ2) is 5.41. The molecule has 1 aromatic carbocycles. The van der Waals surface area contributed by atoms with Crippen molar-refractivity contribution in [3.63, 3.8) is 0 Å². The highest BCUT2D eigenvalue weighted by molar-refractivity contribution is 5.54. The van der Waals surface area contributed by atoms with E-state index in [9.17, 15) is 0 Å². The van der Waals surface area contributed by atoms with Crippen molar-refractivity contribution in [3.05, 3.63) is 23.8 Å². The average Bonchev–Trinajstić information content (AvgIpc) is 2.14. The summed E-state index contributed by atoms with van der Waals surface area (Å²) >= 11 is 0. The minimum absolute atomic E-state index is 0.312. The molecule has 17 heavy (non-hydrogen) atoms. The largest absolute Gasteiger partial charge is 0.495 e. The maximum atomic E-state index is 5.89. The van der Waals surface area contributed by atoms with Gasteiger partial charge in [0.1, 0.15) is 5.75 Å². The van der Waals surface area contributed by atoms with Crippen molar-refractivity contribution in [2.45, 2.75) is 27.3 Å². The molecule has 0 radical (unpaired) electrons. The van der Waals surface area contributed by atoms with E-state index in [4.69, 9.17) is 10.5 Å². The van der Waals surface area contributed by atoms with Gasteiger partial charge in [-0.3, -0.25) is 0 Å². The summed E-state index contributed by atoms with van der Waals surface area (Å²) in [6, 6.07) is 5.97. The maximum Gasteiger partial charge on any atom is 0.141 e. The molecule has 0 amide bonds. The van der Waals surface area contributed by atoms with Crippen LogP contribution in [0, 0.1) is 5.41 Å². The van der Waals surface area contributed by atoms with Crippen LogP contribution >= 0.6 is 0 Å². The van der Waals surface area contributed by atoms with Crippen molar-refractivity contribution in [1.82, 2.24) is 4.90 Å². The third kappa shape index (κ3) is 4.65. The van der Waals surface area contributed by atoms with Crippen LogP contribution in [-0.4, -0.2) is 25.6 Å². The van der Waals surface area contributed by atoms with Gasteiger partial charge in [0, 0.05) is 13.1 Å². The predicted octanol–water partition coefficient (Wildman–Crippen LogP) is 2.76. The molecule has 0 fully saturated rings. The molecule has 0 saturated heterocycles. The molecule has 3 heteroatoms. The van der Waals surface area contributed by atoms with Gasteiger partial charge in [0.15, 0.2) is 0 Å². The minimum atomic E-state index is 0.312. The second-order valence-electron chi connectivity index (χ2n) is 5.81. The number of benzene rings is 1. The van der Waals surface area contributed by atoms with E-state index >= 15 is 0 Å². The lowest BCUT2D eigenvalue weighted by Crippen LogP contribution is -2.28. The normalized spacial score (nSPS) is 11.9. The number of hydrogen-bond acceptors (Lipinski definition) is 3. The lowest BCUT2D eigenvalue weighted by molar-refractivity contribution is 0.221. The molecule has 0 aliphatic heterocycles. The molecule has 96 valence electrons. The van der Waals surface area contributed by atoms with Gasteiger partial charge >= 0.3 is 0 Å². The zero-order valence-electron chi connectivity index (χ0n) is 11.6. The van der Waals surface area contributed by atoms with Gasteiger partial charge in [-0.05, 0) is 30.2 Å². The molecule has 0 aliphatic rings. The number of nitrogen functional groups attached to an aromatic ring is 1. The molecule has 0 spiro atoms. The number of anilines is 1. The van der Waals surface area contributed by atoms with Crippen LogP contribution in [0.5, 0.6) is 5.75 Å². The zero-order valence-corrected chi connectivity index (χ0v) is 11.6. The number of rotatable bonds is 4. The minimum Gasteiger partial charge on any atom is -0.495 e. The third-order valence-corrected chi connectivity index (χ3v) is 2.49. The van der Waals surface area contributed by atoms with Crippen LogP contribution in [0.2, 0.25) is 0 Å². The van der Waals surface area contributed by atoms with Gasteiger partial charge in [0.05, 0.1) is 12.8 Å². The van der Waals surface area contributed by atoms with Crippen LogP contribution in [-0.2, 0) is 6.54 Å². The molecule has 0 saturated carbocycles. The summed E-state index contributed by atoms with van der Waals surface area (Å²) < 4.78 is 5.15. The first-order chi connectivity index (χ1) is 7.81. The first-order valence-electron chi connectivity index (χ1n) is 5.93. The topological polar surface area (TPSA) is 38.5 Å². The molecule has 0 aliphatic carbocycles. The Hall–Kier alpha value is -1.22. The van der Waals surface area contributed by atoms with Crippen LogP contribution < -0.4 is 10.5 Å². The van der Waals surface area contributed by atoms with Gasteiger partial charge in [-0.25, -0.2) is 0 Å². The Balaban J connectivity index is 2.66. The summed E-state index contributed by atoms with van der Waals surface area (Å²) in [5.74, 6) is 0.743. The van der Waals surface area contributed by atoms with Crippen molar-refractivity contribution >= 4 is 5.69 Å². The lowest BCUT2D eigenvalue weighted by Gasteiger charge is -2.26. The highest BCUT2D eigenvalue weighted by atomic mass is 16.5. The summed E-state index contributed by atoms with van der Waals surface area (Å²) in [6.45, 7) is 8.69. The van der Waals surface area contributed by atoms with E-state index in [0.717, 1.165) is 18.8 Å². The van der Waals surface area contributed by atoms with E-state index in [2.05, 4.69) is 38.8 Å². The van der Waals surface area contributed by atoms with E-state index in [1.165, 1.54) is 5.56 Å². The third-order valence-electron chi connectivity index (χ3n) is 2.49. The van der Waals surface area contributed by atoms with Crippen LogP contribution in [0.25, 0.3) is 0 Å². The van der Waals surface area contributed by atoms with Gasteiger partial charge in [-0.2, -0.15) is 0 Å². The average molecular weight is 236 g/mol. The Morgan fingerprint density at radius 3 is 2.41 bits per heavy atom. The van der Waals surface area contributed by atoms with Crippen molar-refractivity contribution in [3.8, 4) is 5.75 Å². The first-order valence-corrected chi connectivity index (χ1v) is 5.93. The summed E-state index contributed by atoms with van der Waals surface area (Å²) in [6.07, 6.45) is 0. The van der Waals surface area contributed by atoms with Crippen molar-refractivity contribution in [1.29, 1.82) is 0 Å².